The maximum absolute atomic E-state index is 10.0. The van der Waals surface area contributed by atoms with Gasteiger partial charge >= 0.3 is 0 Å². The van der Waals surface area contributed by atoms with E-state index in [2.05, 4.69) is 12.6 Å². The lowest BCUT2D eigenvalue weighted by atomic mass is 10.4. The van der Waals surface area contributed by atoms with Crippen LogP contribution in [0.5, 0.6) is 0 Å². The molecule has 0 bridgehead atoms. The molecular formula is C9H10OS2. The fourth-order valence-corrected chi connectivity index (χ4v) is 1.69. The van der Waals surface area contributed by atoms with Crippen molar-refractivity contribution in [2.24, 2.45) is 0 Å². The lowest BCUT2D eigenvalue weighted by molar-refractivity contribution is -0.107. The number of rotatable bonds is 4. The fraction of sp³-hybridized carbons (Fsp3) is 0.222. The summed E-state index contributed by atoms with van der Waals surface area (Å²) in [5.74, 6) is 0.857. The highest BCUT2D eigenvalue weighted by Crippen LogP contribution is 2.19. The summed E-state index contributed by atoms with van der Waals surface area (Å²) in [6.07, 6.45) is 1.56. The van der Waals surface area contributed by atoms with Crippen LogP contribution in [0.4, 0.5) is 0 Å². The fourth-order valence-electron chi connectivity index (χ4n) is 0.767. The van der Waals surface area contributed by atoms with E-state index in [1.165, 1.54) is 4.90 Å². The summed E-state index contributed by atoms with van der Waals surface area (Å²) in [4.78, 5) is 12.2. The molecule has 3 heteroatoms. The van der Waals surface area contributed by atoms with Crippen molar-refractivity contribution in [3.63, 3.8) is 0 Å². The van der Waals surface area contributed by atoms with Gasteiger partial charge < -0.3 is 4.79 Å². The predicted molar refractivity (Wildman–Crippen MR) is 55.1 cm³/mol. The van der Waals surface area contributed by atoms with Gasteiger partial charge in [-0.1, -0.05) is 0 Å². The van der Waals surface area contributed by atoms with E-state index in [4.69, 9.17) is 0 Å². The van der Waals surface area contributed by atoms with Crippen molar-refractivity contribution in [1.82, 2.24) is 0 Å². The summed E-state index contributed by atoms with van der Waals surface area (Å²) >= 11 is 5.86. The first-order chi connectivity index (χ1) is 5.83. The van der Waals surface area contributed by atoms with Crippen LogP contribution in [0, 0.1) is 0 Å². The van der Waals surface area contributed by atoms with Crippen molar-refractivity contribution >= 4 is 30.7 Å². The monoisotopic (exact) mass is 198 g/mol. The molecule has 1 nitrogen and oxygen atoms in total. The Balaban J connectivity index is 2.42. The van der Waals surface area contributed by atoms with Crippen LogP contribution in [0.2, 0.25) is 0 Å². The van der Waals surface area contributed by atoms with E-state index in [0.29, 0.717) is 6.42 Å². The Morgan fingerprint density at radius 1 is 1.33 bits per heavy atom. The van der Waals surface area contributed by atoms with Crippen LogP contribution in [0.25, 0.3) is 0 Å². The molecule has 0 aliphatic heterocycles. The van der Waals surface area contributed by atoms with Gasteiger partial charge in [0.15, 0.2) is 0 Å². The van der Waals surface area contributed by atoms with Crippen LogP contribution in [0.3, 0.4) is 0 Å². The normalized spacial score (nSPS) is 9.75. The molecule has 0 amide bonds. The van der Waals surface area contributed by atoms with Crippen molar-refractivity contribution in [3.8, 4) is 0 Å². The van der Waals surface area contributed by atoms with Gasteiger partial charge in [-0.05, 0) is 24.3 Å². The highest BCUT2D eigenvalue weighted by molar-refractivity contribution is 7.99. The van der Waals surface area contributed by atoms with Crippen LogP contribution in [-0.2, 0) is 4.79 Å². The average molecular weight is 198 g/mol. The summed E-state index contributed by atoms with van der Waals surface area (Å²) in [6.45, 7) is 0. The van der Waals surface area contributed by atoms with Gasteiger partial charge in [0.05, 0.1) is 0 Å². The van der Waals surface area contributed by atoms with Crippen LogP contribution in [0.15, 0.2) is 34.1 Å². The van der Waals surface area contributed by atoms with Gasteiger partial charge in [-0.15, -0.1) is 24.4 Å². The molecule has 12 heavy (non-hydrogen) atoms. The van der Waals surface area contributed by atoms with Gasteiger partial charge in [0.2, 0.25) is 0 Å². The number of hydrogen-bond donors (Lipinski definition) is 1. The lowest BCUT2D eigenvalue weighted by Gasteiger charge is -1.98. The Labute approximate surface area is 82.0 Å². The van der Waals surface area contributed by atoms with Gasteiger partial charge in [0.1, 0.15) is 6.29 Å². The molecule has 0 radical (unpaired) electrons. The van der Waals surface area contributed by atoms with E-state index in [0.717, 1.165) is 16.9 Å². The van der Waals surface area contributed by atoms with Crippen LogP contribution in [0.1, 0.15) is 6.42 Å². The Hall–Kier alpha value is -0.410. The molecular weight excluding hydrogens is 188 g/mol. The molecule has 0 saturated heterocycles. The molecule has 0 saturated carbocycles. The zero-order valence-electron chi connectivity index (χ0n) is 6.56. The second-order valence-corrected chi connectivity index (χ2v) is 3.98. The Bertz CT molecular complexity index is 243. The minimum absolute atomic E-state index is 0.618. The van der Waals surface area contributed by atoms with Gasteiger partial charge in [-0.25, -0.2) is 0 Å². The number of thiol groups is 1. The molecule has 1 aromatic carbocycles. The maximum atomic E-state index is 10.0. The zero-order valence-corrected chi connectivity index (χ0v) is 8.28. The second kappa shape index (κ2) is 5.27. The summed E-state index contributed by atoms with van der Waals surface area (Å²) < 4.78 is 0. The van der Waals surface area contributed by atoms with Crippen molar-refractivity contribution < 1.29 is 4.79 Å². The Kier molecular flexibility index (Phi) is 4.25. The van der Waals surface area contributed by atoms with Crippen molar-refractivity contribution in [2.45, 2.75) is 16.2 Å². The summed E-state index contributed by atoms with van der Waals surface area (Å²) in [5.41, 5.74) is 0. The first-order valence-electron chi connectivity index (χ1n) is 3.68. The third-order valence-electron chi connectivity index (χ3n) is 1.34. The van der Waals surface area contributed by atoms with E-state index >= 15 is 0 Å². The van der Waals surface area contributed by atoms with Crippen LogP contribution >= 0.6 is 24.4 Å². The van der Waals surface area contributed by atoms with E-state index in [-0.39, 0.29) is 0 Å². The highest BCUT2D eigenvalue weighted by Gasteiger charge is 1.92. The van der Waals surface area contributed by atoms with Gasteiger partial charge in [0.25, 0.3) is 0 Å². The summed E-state index contributed by atoms with van der Waals surface area (Å²) in [5, 5.41) is 0. The SMILES string of the molecule is O=CCCSc1ccc(S)cc1. The molecule has 0 unspecified atom stereocenters. The molecule has 0 aromatic heterocycles. The van der Waals surface area contributed by atoms with Crippen molar-refractivity contribution in [1.29, 1.82) is 0 Å². The van der Waals surface area contributed by atoms with E-state index < -0.39 is 0 Å². The molecule has 0 spiro atoms. The van der Waals surface area contributed by atoms with Crippen LogP contribution < -0.4 is 0 Å². The third-order valence-corrected chi connectivity index (χ3v) is 2.68. The Morgan fingerprint density at radius 3 is 2.58 bits per heavy atom. The van der Waals surface area contributed by atoms with E-state index in [1.807, 2.05) is 24.3 Å². The standard InChI is InChI=1S/C9H10OS2/c10-6-1-7-12-9-4-2-8(11)3-5-9/h2-6,11H,1,7H2. The first kappa shape index (κ1) is 9.68. The Morgan fingerprint density at radius 2 is 2.00 bits per heavy atom. The number of hydrogen-bond acceptors (Lipinski definition) is 3. The second-order valence-electron chi connectivity index (χ2n) is 2.30. The molecule has 0 aliphatic rings. The number of aldehydes is 1. The molecule has 0 atom stereocenters. The van der Waals surface area contributed by atoms with E-state index in [9.17, 15) is 4.79 Å². The van der Waals surface area contributed by atoms with Gasteiger partial charge in [0, 0.05) is 22.0 Å². The summed E-state index contributed by atoms with van der Waals surface area (Å²) in [6, 6.07) is 7.92. The molecule has 64 valence electrons. The molecule has 1 aromatic rings. The number of benzene rings is 1. The van der Waals surface area contributed by atoms with Crippen LogP contribution in [-0.4, -0.2) is 12.0 Å². The quantitative estimate of drug-likeness (QED) is 0.347. The molecule has 0 N–H and O–H groups in total. The molecule has 0 aliphatic carbocycles. The largest absolute Gasteiger partial charge is 0.303 e. The predicted octanol–water partition coefficient (Wildman–Crippen LogP) is 2.66. The zero-order chi connectivity index (χ0) is 8.81. The number of carbonyl (C=O) groups excluding carboxylic acids is 1. The molecule has 1 rings (SSSR count). The highest BCUT2D eigenvalue weighted by atomic mass is 32.2. The topological polar surface area (TPSA) is 17.1 Å². The first-order valence-corrected chi connectivity index (χ1v) is 5.11. The summed E-state index contributed by atoms with van der Waals surface area (Å²) in [7, 11) is 0. The van der Waals surface area contributed by atoms with E-state index in [1.54, 1.807) is 11.8 Å². The molecule has 0 fully saturated rings. The molecule has 0 heterocycles. The maximum Gasteiger partial charge on any atom is 0.120 e. The lowest BCUT2D eigenvalue weighted by Crippen LogP contribution is -1.79. The minimum Gasteiger partial charge on any atom is -0.303 e. The average Bonchev–Trinajstić information content (AvgIpc) is 2.09. The minimum atomic E-state index is 0.618. The number of thioether (sulfide) groups is 1. The smallest absolute Gasteiger partial charge is 0.120 e. The number of carbonyl (C=O) groups is 1. The van der Waals surface area contributed by atoms with Gasteiger partial charge in [-0.2, -0.15) is 0 Å². The van der Waals surface area contributed by atoms with Crippen molar-refractivity contribution in [2.75, 3.05) is 5.75 Å². The van der Waals surface area contributed by atoms with Gasteiger partial charge in [-0.3, -0.25) is 0 Å². The van der Waals surface area contributed by atoms with Crippen molar-refractivity contribution in [3.05, 3.63) is 24.3 Å². The third kappa shape index (κ3) is 3.32.